The third-order valence-electron chi connectivity index (χ3n) is 4.33. The van der Waals surface area contributed by atoms with E-state index in [0.29, 0.717) is 5.95 Å². The minimum Gasteiger partial charge on any atom is -0.766 e. The second-order valence-corrected chi connectivity index (χ2v) is 6.41. The largest absolute Gasteiger partial charge is 0.766 e. The summed E-state index contributed by atoms with van der Waals surface area (Å²) in [7, 11) is 0. The molecule has 0 bridgehead atoms. The molecule has 1 aromatic carbocycles. The van der Waals surface area contributed by atoms with Gasteiger partial charge in [-0.05, 0) is 60.8 Å². The van der Waals surface area contributed by atoms with E-state index in [1.54, 1.807) is 0 Å². The highest BCUT2D eigenvalue weighted by Crippen LogP contribution is 2.39. The van der Waals surface area contributed by atoms with Crippen LogP contribution in [-0.4, -0.2) is 23.9 Å². The van der Waals surface area contributed by atoms with Crippen LogP contribution >= 0.6 is 0 Å². The van der Waals surface area contributed by atoms with E-state index in [9.17, 15) is 8.76 Å². The minimum absolute atomic E-state index is 0.137. The Morgan fingerprint density at radius 3 is 2.38 bits per heavy atom. The maximum atomic E-state index is 10.9. The fourth-order valence-electron chi connectivity index (χ4n) is 3.46. The second kappa shape index (κ2) is 4.92. The van der Waals surface area contributed by atoms with E-state index in [4.69, 9.17) is 0 Å². The van der Waals surface area contributed by atoms with Crippen LogP contribution in [0, 0.1) is 0 Å². The van der Waals surface area contributed by atoms with E-state index in [-0.39, 0.29) is 5.16 Å². The highest BCUT2D eigenvalue weighted by molar-refractivity contribution is 7.78. The molecule has 6 nitrogen and oxygen atoms in total. The van der Waals surface area contributed by atoms with Gasteiger partial charge in [-0.15, -0.1) is 5.10 Å². The molecule has 0 saturated carbocycles. The van der Waals surface area contributed by atoms with Gasteiger partial charge in [0.1, 0.15) is 0 Å². The van der Waals surface area contributed by atoms with Gasteiger partial charge < -0.3 is 9.87 Å². The maximum absolute atomic E-state index is 10.9. The fourth-order valence-corrected chi connectivity index (χ4v) is 3.74. The summed E-state index contributed by atoms with van der Waals surface area (Å²) >= 11 is -2.38. The number of H-pyrrole nitrogens is 1. The number of aromatic amines is 1. The number of nitrogens with one attached hydrogen (secondary N) is 2. The van der Waals surface area contributed by atoms with Crippen LogP contribution in [-0.2, 0) is 36.8 Å². The maximum Gasteiger partial charge on any atom is 0.247 e. The van der Waals surface area contributed by atoms with Gasteiger partial charge in [0.05, 0.1) is 0 Å². The highest BCUT2D eigenvalue weighted by Gasteiger charge is 2.24. The van der Waals surface area contributed by atoms with Crippen molar-refractivity contribution in [3.8, 4) is 0 Å². The monoisotopic (exact) mass is 303 g/mol. The molecule has 0 radical (unpaired) electrons. The van der Waals surface area contributed by atoms with Gasteiger partial charge in [-0.25, -0.2) is 0 Å². The Labute approximate surface area is 124 Å². The van der Waals surface area contributed by atoms with Crippen LogP contribution < -0.4 is 5.32 Å². The summed E-state index contributed by atoms with van der Waals surface area (Å²) < 4.78 is 21.8. The van der Waals surface area contributed by atoms with Crippen molar-refractivity contribution in [3.63, 3.8) is 0 Å². The van der Waals surface area contributed by atoms with Crippen LogP contribution in [0.3, 0.4) is 0 Å². The zero-order valence-corrected chi connectivity index (χ0v) is 12.3. The number of hydrogen-bond donors (Lipinski definition) is 2. The van der Waals surface area contributed by atoms with Crippen molar-refractivity contribution in [2.45, 2.75) is 43.7 Å². The molecule has 0 fully saturated rings. The number of rotatable bonds is 3. The van der Waals surface area contributed by atoms with E-state index < -0.39 is 11.1 Å². The lowest BCUT2D eigenvalue weighted by atomic mass is 9.99. The fraction of sp³-hybridized carbons (Fsp3) is 0.429. The normalized spacial score (nSPS) is 17.6. The smallest absolute Gasteiger partial charge is 0.247 e. The van der Waals surface area contributed by atoms with E-state index in [1.807, 2.05) is 0 Å². The van der Waals surface area contributed by atoms with E-state index in [0.717, 1.165) is 31.4 Å². The number of benzene rings is 1. The number of anilines is 2. The molecule has 7 heteroatoms. The van der Waals surface area contributed by atoms with Crippen LogP contribution in [0.5, 0.6) is 0 Å². The number of nitrogens with zero attached hydrogens (tertiary/aromatic N) is 2. The topological polar surface area (TPSA) is 93.7 Å². The molecule has 0 amide bonds. The molecular weight excluding hydrogens is 288 g/mol. The number of aryl methyl sites for hydroxylation is 2. The molecule has 2 aliphatic rings. The average Bonchev–Trinajstić information content (AvgIpc) is 3.17. The third kappa shape index (κ3) is 2.16. The zero-order chi connectivity index (χ0) is 14.4. The van der Waals surface area contributed by atoms with Gasteiger partial charge in [-0.3, -0.25) is 9.31 Å². The van der Waals surface area contributed by atoms with Crippen molar-refractivity contribution < 1.29 is 8.76 Å². The second-order valence-electron chi connectivity index (χ2n) is 5.56. The van der Waals surface area contributed by atoms with E-state index in [2.05, 4.69) is 26.6 Å². The van der Waals surface area contributed by atoms with Crippen molar-refractivity contribution in [2.24, 2.45) is 0 Å². The lowest BCUT2D eigenvalue weighted by Gasteiger charge is -2.15. The summed E-state index contributed by atoms with van der Waals surface area (Å²) in [4.78, 5) is 3.97. The number of hydrogen-bond acceptors (Lipinski definition) is 5. The van der Waals surface area contributed by atoms with Crippen molar-refractivity contribution in [1.29, 1.82) is 0 Å². The van der Waals surface area contributed by atoms with Gasteiger partial charge in [0.2, 0.25) is 11.1 Å². The predicted octanol–water partition coefficient (Wildman–Crippen LogP) is 1.76. The van der Waals surface area contributed by atoms with E-state index >= 15 is 0 Å². The summed E-state index contributed by atoms with van der Waals surface area (Å²) in [5, 5.41) is 9.48. The Bertz CT molecular complexity index is 709. The molecule has 1 unspecified atom stereocenters. The van der Waals surface area contributed by atoms with Crippen LogP contribution in [0.2, 0.25) is 0 Å². The predicted molar refractivity (Wildman–Crippen MR) is 77.3 cm³/mol. The summed E-state index contributed by atoms with van der Waals surface area (Å²) in [5.74, 6) is 0.323. The third-order valence-corrected chi connectivity index (χ3v) is 4.83. The Kier molecular flexibility index (Phi) is 3.04. The van der Waals surface area contributed by atoms with Gasteiger partial charge in [0.15, 0.2) is 0 Å². The first-order valence-electron chi connectivity index (χ1n) is 7.17. The van der Waals surface area contributed by atoms with Gasteiger partial charge in [-0.2, -0.15) is 4.98 Å². The van der Waals surface area contributed by atoms with Crippen molar-refractivity contribution in [2.75, 3.05) is 5.32 Å². The van der Waals surface area contributed by atoms with Gasteiger partial charge in [0, 0.05) is 16.8 Å². The summed E-state index contributed by atoms with van der Waals surface area (Å²) in [5.41, 5.74) is 6.65. The first-order valence-corrected chi connectivity index (χ1v) is 8.25. The Hall–Kier alpha value is -1.73. The summed E-state index contributed by atoms with van der Waals surface area (Å²) in [6.07, 6.45) is 6.74. The van der Waals surface area contributed by atoms with Crippen LogP contribution in [0.4, 0.5) is 11.6 Å². The molecule has 4 rings (SSSR count). The van der Waals surface area contributed by atoms with Crippen molar-refractivity contribution >= 4 is 22.7 Å². The standard InChI is InChI=1S/C14H16N4O2S/c19-21(20)14-16-13(17-18-14)15-12-10-5-1-3-8(10)7-9-4-2-6-11(9)12/h7H,1-6H2,(H,19,20)(H2,15,16,17,18)/p-1. The lowest BCUT2D eigenvalue weighted by molar-refractivity contribution is 0.529. The van der Waals surface area contributed by atoms with E-state index in [1.165, 1.54) is 35.1 Å². The number of aromatic nitrogens is 3. The first-order chi connectivity index (χ1) is 10.2. The van der Waals surface area contributed by atoms with Gasteiger partial charge in [-0.1, -0.05) is 6.07 Å². The molecular formula is C14H15N4O2S-. The van der Waals surface area contributed by atoms with Crippen molar-refractivity contribution in [3.05, 3.63) is 28.3 Å². The summed E-state index contributed by atoms with van der Waals surface area (Å²) in [6.45, 7) is 0. The molecule has 1 aromatic heterocycles. The minimum atomic E-state index is -2.38. The molecule has 2 aliphatic carbocycles. The molecule has 0 aliphatic heterocycles. The molecule has 110 valence electrons. The van der Waals surface area contributed by atoms with Crippen LogP contribution in [0.25, 0.3) is 0 Å². The molecule has 1 heterocycles. The average molecular weight is 303 g/mol. The summed E-state index contributed by atoms with van der Waals surface area (Å²) in [6, 6.07) is 2.35. The Balaban J connectivity index is 1.76. The Morgan fingerprint density at radius 2 is 1.81 bits per heavy atom. The molecule has 0 spiro atoms. The van der Waals surface area contributed by atoms with Crippen LogP contribution in [0.15, 0.2) is 11.2 Å². The number of fused-ring (bicyclic) bond motifs is 2. The SMILES string of the molecule is O=S([O-])c1nc(Nc2c3c(cc4c2CCC4)CCC3)n[nH]1. The first kappa shape index (κ1) is 13.0. The zero-order valence-electron chi connectivity index (χ0n) is 11.4. The lowest BCUT2D eigenvalue weighted by Crippen LogP contribution is -2.03. The highest BCUT2D eigenvalue weighted by atomic mass is 32.2. The van der Waals surface area contributed by atoms with Crippen molar-refractivity contribution in [1.82, 2.24) is 15.2 Å². The molecule has 1 atom stereocenters. The van der Waals surface area contributed by atoms with Gasteiger partial charge >= 0.3 is 0 Å². The molecule has 0 saturated heterocycles. The molecule has 2 N–H and O–H groups in total. The molecule has 21 heavy (non-hydrogen) atoms. The Morgan fingerprint density at radius 1 is 1.14 bits per heavy atom. The quantitative estimate of drug-likeness (QED) is 0.843. The van der Waals surface area contributed by atoms with Gasteiger partial charge in [0.25, 0.3) is 0 Å². The van der Waals surface area contributed by atoms with Crippen LogP contribution in [0.1, 0.15) is 35.1 Å². The molecule has 2 aromatic rings.